The molecule has 0 saturated carbocycles. The summed E-state index contributed by atoms with van der Waals surface area (Å²) in [6.45, 7) is 4.80. The second kappa shape index (κ2) is 9.92. The quantitative estimate of drug-likeness (QED) is 0.321. The first-order valence-electron chi connectivity index (χ1n) is 7.84. The Labute approximate surface area is 182 Å². The van der Waals surface area contributed by atoms with Crippen molar-refractivity contribution >= 4 is 52.9 Å². The topological polar surface area (TPSA) is 49.3 Å². The van der Waals surface area contributed by atoms with Crippen LogP contribution >= 0.6 is 46.9 Å². The van der Waals surface area contributed by atoms with E-state index in [1.54, 1.807) is 7.05 Å². The third kappa shape index (κ3) is 6.79. The van der Waals surface area contributed by atoms with Gasteiger partial charge in [-0.2, -0.15) is 13.2 Å². The van der Waals surface area contributed by atoms with Crippen molar-refractivity contribution < 1.29 is 13.2 Å². The van der Waals surface area contributed by atoms with E-state index in [9.17, 15) is 13.2 Å². The van der Waals surface area contributed by atoms with Crippen LogP contribution in [-0.4, -0.2) is 24.5 Å². The summed E-state index contributed by atoms with van der Waals surface area (Å²) in [6.07, 6.45) is -4.42. The SMILES string of the molecule is CN=C(NCc1nc(C(F)(F)F)cs1)NCC(C)(C)c1ccccc1Cl.I. The van der Waals surface area contributed by atoms with Gasteiger partial charge in [-0.3, -0.25) is 4.99 Å². The predicted molar refractivity (Wildman–Crippen MR) is 115 cm³/mol. The molecule has 0 fully saturated rings. The largest absolute Gasteiger partial charge is 0.434 e. The van der Waals surface area contributed by atoms with Gasteiger partial charge in [0, 0.05) is 29.4 Å². The first-order chi connectivity index (χ1) is 12.1. The minimum atomic E-state index is -4.42. The lowest BCUT2D eigenvalue weighted by atomic mass is 9.84. The Hall–Kier alpha value is -1.07. The Kier molecular flexibility index (Phi) is 8.81. The van der Waals surface area contributed by atoms with E-state index >= 15 is 0 Å². The average molecular weight is 533 g/mol. The summed E-state index contributed by atoms with van der Waals surface area (Å²) in [4.78, 5) is 7.68. The van der Waals surface area contributed by atoms with Crippen molar-refractivity contribution in [2.45, 2.75) is 32.0 Å². The zero-order valence-electron chi connectivity index (χ0n) is 15.0. The molecule has 1 aromatic heterocycles. The molecular weight excluding hydrogens is 512 g/mol. The highest BCUT2D eigenvalue weighted by molar-refractivity contribution is 14.0. The van der Waals surface area contributed by atoms with Crippen LogP contribution in [0.15, 0.2) is 34.6 Å². The molecular formula is C17H21ClF3IN4S. The molecule has 0 aliphatic rings. The van der Waals surface area contributed by atoms with Gasteiger partial charge in [-0.05, 0) is 11.6 Å². The number of thiazole rings is 1. The van der Waals surface area contributed by atoms with Crippen molar-refractivity contribution in [3.05, 3.63) is 50.9 Å². The number of alkyl halides is 3. The normalized spacial score (nSPS) is 12.5. The maximum absolute atomic E-state index is 12.6. The predicted octanol–water partition coefficient (Wildman–Crippen LogP) is 5.08. The molecule has 0 radical (unpaired) electrons. The first-order valence-corrected chi connectivity index (χ1v) is 9.10. The van der Waals surface area contributed by atoms with E-state index < -0.39 is 11.9 Å². The van der Waals surface area contributed by atoms with Gasteiger partial charge < -0.3 is 10.6 Å². The highest BCUT2D eigenvalue weighted by Crippen LogP contribution is 2.30. The van der Waals surface area contributed by atoms with Crippen LogP contribution in [-0.2, 0) is 18.1 Å². The van der Waals surface area contributed by atoms with Gasteiger partial charge in [-0.1, -0.05) is 43.6 Å². The zero-order valence-corrected chi connectivity index (χ0v) is 18.9. The lowest BCUT2D eigenvalue weighted by molar-refractivity contribution is -0.140. The van der Waals surface area contributed by atoms with E-state index in [4.69, 9.17) is 11.6 Å². The fourth-order valence-electron chi connectivity index (χ4n) is 2.31. The number of aromatic nitrogens is 1. The number of rotatable bonds is 5. The Bertz CT molecular complexity index is 778. The molecule has 0 unspecified atom stereocenters. The van der Waals surface area contributed by atoms with E-state index in [0.717, 1.165) is 22.3 Å². The Morgan fingerprint density at radius 3 is 2.44 bits per heavy atom. The Morgan fingerprint density at radius 1 is 1.22 bits per heavy atom. The molecule has 2 rings (SSSR count). The number of benzene rings is 1. The van der Waals surface area contributed by atoms with E-state index in [1.165, 1.54) is 0 Å². The third-order valence-corrected chi connectivity index (χ3v) is 4.95. The van der Waals surface area contributed by atoms with Crippen LogP contribution in [0.4, 0.5) is 13.2 Å². The highest BCUT2D eigenvalue weighted by Gasteiger charge is 2.33. The number of halogens is 5. The molecule has 2 N–H and O–H groups in total. The van der Waals surface area contributed by atoms with E-state index in [-0.39, 0.29) is 35.9 Å². The average Bonchev–Trinajstić information content (AvgIpc) is 3.04. The van der Waals surface area contributed by atoms with Gasteiger partial charge >= 0.3 is 6.18 Å². The minimum Gasteiger partial charge on any atom is -0.356 e. The molecule has 0 aliphatic carbocycles. The number of nitrogens with zero attached hydrogens (tertiary/aromatic N) is 2. The highest BCUT2D eigenvalue weighted by atomic mass is 127. The van der Waals surface area contributed by atoms with E-state index in [0.29, 0.717) is 22.5 Å². The van der Waals surface area contributed by atoms with Crippen LogP contribution < -0.4 is 10.6 Å². The second-order valence-corrected chi connectivity index (χ2v) is 7.62. The number of guanidine groups is 1. The van der Waals surface area contributed by atoms with Gasteiger partial charge in [0.25, 0.3) is 0 Å². The summed E-state index contributed by atoms with van der Waals surface area (Å²) in [5.41, 5.74) is -0.137. The smallest absolute Gasteiger partial charge is 0.356 e. The maximum Gasteiger partial charge on any atom is 0.434 e. The summed E-state index contributed by atoms with van der Waals surface area (Å²) >= 11 is 7.22. The lowest BCUT2D eigenvalue weighted by Gasteiger charge is -2.27. The first kappa shape index (κ1) is 24.0. The van der Waals surface area contributed by atoms with Gasteiger partial charge in [0.15, 0.2) is 11.7 Å². The summed E-state index contributed by atoms with van der Waals surface area (Å²) in [6, 6.07) is 7.61. The molecule has 0 bridgehead atoms. The second-order valence-electron chi connectivity index (χ2n) is 6.27. The van der Waals surface area contributed by atoms with Crippen LogP contribution in [0, 0.1) is 0 Å². The molecule has 0 saturated heterocycles. The molecule has 0 atom stereocenters. The Morgan fingerprint density at radius 2 is 1.89 bits per heavy atom. The molecule has 27 heavy (non-hydrogen) atoms. The summed E-state index contributed by atoms with van der Waals surface area (Å²) in [7, 11) is 1.60. The summed E-state index contributed by atoms with van der Waals surface area (Å²) in [5, 5.41) is 8.18. The van der Waals surface area contributed by atoms with Crippen LogP contribution in [0.5, 0.6) is 0 Å². The molecule has 2 aromatic rings. The summed E-state index contributed by atoms with van der Waals surface area (Å²) < 4.78 is 37.8. The van der Waals surface area contributed by atoms with Crippen LogP contribution in [0.25, 0.3) is 0 Å². The standard InChI is InChI=1S/C17H20ClF3N4S.HI/c1-16(2,11-6-4-5-7-12(11)18)10-24-15(22-3)23-8-14-25-13(9-26-14)17(19,20)21;/h4-7,9H,8,10H2,1-3H3,(H2,22,23,24);1H. The maximum atomic E-state index is 12.6. The monoisotopic (exact) mass is 532 g/mol. The lowest BCUT2D eigenvalue weighted by Crippen LogP contribution is -2.43. The van der Waals surface area contributed by atoms with Gasteiger partial charge in [0.1, 0.15) is 5.01 Å². The molecule has 0 spiro atoms. The van der Waals surface area contributed by atoms with Gasteiger partial charge in [0.2, 0.25) is 0 Å². The molecule has 0 aliphatic heterocycles. The van der Waals surface area contributed by atoms with Crippen molar-refractivity contribution in [3.8, 4) is 0 Å². The molecule has 1 heterocycles. The molecule has 10 heteroatoms. The van der Waals surface area contributed by atoms with Crippen molar-refractivity contribution in [1.29, 1.82) is 0 Å². The number of aliphatic imine (C=N–C) groups is 1. The van der Waals surface area contributed by atoms with Crippen LogP contribution in [0.2, 0.25) is 5.02 Å². The molecule has 4 nitrogen and oxygen atoms in total. The van der Waals surface area contributed by atoms with E-state index in [1.807, 2.05) is 38.1 Å². The molecule has 1 aromatic carbocycles. The van der Waals surface area contributed by atoms with Gasteiger partial charge in [0.05, 0.1) is 6.54 Å². The third-order valence-electron chi connectivity index (χ3n) is 3.77. The van der Waals surface area contributed by atoms with Crippen molar-refractivity contribution in [3.63, 3.8) is 0 Å². The Balaban J connectivity index is 0.00000364. The number of hydrogen-bond donors (Lipinski definition) is 2. The van der Waals surface area contributed by atoms with Crippen molar-refractivity contribution in [2.24, 2.45) is 4.99 Å². The zero-order chi connectivity index (χ0) is 19.4. The fourth-order valence-corrected chi connectivity index (χ4v) is 3.44. The van der Waals surface area contributed by atoms with Crippen LogP contribution in [0.3, 0.4) is 0 Å². The van der Waals surface area contributed by atoms with Crippen molar-refractivity contribution in [1.82, 2.24) is 15.6 Å². The van der Waals surface area contributed by atoms with Gasteiger partial charge in [-0.15, -0.1) is 35.3 Å². The fraction of sp³-hybridized carbons (Fsp3) is 0.412. The number of nitrogens with one attached hydrogen (secondary N) is 2. The minimum absolute atomic E-state index is 0. The summed E-state index contributed by atoms with van der Waals surface area (Å²) in [5.74, 6) is 0.480. The molecule has 0 amide bonds. The molecule has 150 valence electrons. The number of hydrogen-bond acceptors (Lipinski definition) is 3. The van der Waals surface area contributed by atoms with E-state index in [2.05, 4.69) is 20.6 Å². The van der Waals surface area contributed by atoms with Crippen molar-refractivity contribution in [2.75, 3.05) is 13.6 Å². The van der Waals surface area contributed by atoms with Crippen LogP contribution in [0.1, 0.15) is 30.1 Å². The van der Waals surface area contributed by atoms with Gasteiger partial charge in [-0.25, -0.2) is 4.98 Å².